The van der Waals surface area contributed by atoms with Gasteiger partial charge in [0.05, 0.1) is 8.07 Å². The standard InChI is InChI=1S/C13H26N2Si/c1-6-7-8-9-13(16(3,4)5)15-11-10-14-12(15)2/h10-11,13H,6-9H2,1-5H3. The van der Waals surface area contributed by atoms with Crippen LogP contribution >= 0.6 is 0 Å². The van der Waals surface area contributed by atoms with Gasteiger partial charge in [-0.3, -0.25) is 0 Å². The summed E-state index contributed by atoms with van der Waals surface area (Å²) in [5.74, 6) is 1.17. The van der Waals surface area contributed by atoms with Crippen LogP contribution < -0.4 is 0 Å². The summed E-state index contributed by atoms with van der Waals surface area (Å²) in [6, 6.07) is 0. The molecule has 1 heterocycles. The molecule has 1 unspecified atom stereocenters. The molecule has 0 aliphatic rings. The third-order valence-electron chi connectivity index (χ3n) is 3.28. The van der Waals surface area contributed by atoms with Gasteiger partial charge in [-0.2, -0.15) is 0 Å². The first-order valence-electron chi connectivity index (χ1n) is 6.46. The summed E-state index contributed by atoms with van der Waals surface area (Å²) < 4.78 is 2.40. The second-order valence-electron chi connectivity index (χ2n) is 5.76. The van der Waals surface area contributed by atoms with Crippen molar-refractivity contribution in [3.05, 3.63) is 18.2 Å². The van der Waals surface area contributed by atoms with Gasteiger partial charge in [0.15, 0.2) is 0 Å². The van der Waals surface area contributed by atoms with Gasteiger partial charge in [0.1, 0.15) is 5.82 Å². The molecule has 1 atom stereocenters. The Morgan fingerprint density at radius 1 is 1.31 bits per heavy atom. The largest absolute Gasteiger partial charge is 0.335 e. The average molecular weight is 238 g/mol. The minimum atomic E-state index is -1.15. The summed E-state index contributed by atoms with van der Waals surface area (Å²) in [5.41, 5.74) is 0.710. The van der Waals surface area contributed by atoms with Gasteiger partial charge in [0.25, 0.3) is 0 Å². The Morgan fingerprint density at radius 2 is 2.00 bits per heavy atom. The summed E-state index contributed by atoms with van der Waals surface area (Å²) in [6.45, 7) is 11.8. The number of imidazole rings is 1. The van der Waals surface area contributed by atoms with Crippen LogP contribution in [0, 0.1) is 6.92 Å². The smallest absolute Gasteiger partial charge is 0.105 e. The fourth-order valence-electron chi connectivity index (χ4n) is 2.29. The van der Waals surface area contributed by atoms with E-state index in [1.807, 2.05) is 6.20 Å². The van der Waals surface area contributed by atoms with Gasteiger partial charge >= 0.3 is 0 Å². The van der Waals surface area contributed by atoms with Crippen molar-refractivity contribution in [1.29, 1.82) is 0 Å². The van der Waals surface area contributed by atoms with Gasteiger partial charge in [-0.1, -0.05) is 45.8 Å². The first kappa shape index (κ1) is 13.5. The van der Waals surface area contributed by atoms with Crippen LogP contribution in [0.1, 0.15) is 44.1 Å². The minimum absolute atomic E-state index is 0.710. The van der Waals surface area contributed by atoms with Crippen LogP contribution in [-0.4, -0.2) is 17.6 Å². The van der Waals surface area contributed by atoms with Crippen LogP contribution in [0.15, 0.2) is 12.4 Å². The Balaban J connectivity index is 2.77. The Kier molecular flexibility index (Phi) is 4.78. The molecule has 2 nitrogen and oxygen atoms in total. The summed E-state index contributed by atoms with van der Waals surface area (Å²) in [7, 11) is -1.15. The highest BCUT2D eigenvalue weighted by Gasteiger charge is 2.28. The second kappa shape index (κ2) is 5.67. The molecule has 0 aromatic carbocycles. The highest BCUT2D eigenvalue weighted by Crippen LogP contribution is 2.27. The molecule has 0 radical (unpaired) electrons. The maximum Gasteiger partial charge on any atom is 0.105 e. The van der Waals surface area contributed by atoms with E-state index in [0.717, 1.165) is 0 Å². The zero-order chi connectivity index (χ0) is 12.2. The molecule has 0 bridgehead atoms. The van der Waals surface area contributed by atoms with E-state index in [1.165, 1.54) is 31.5 Å². The Morgan fingerprint density at radius 3 is 2.44 bits per heavy atom. The van der Waals surface area contributed by atoms with E-state index in [1.54, 1.807) is 0 Å². The maximum absolute atomic E-state index is 4.36. The quantitative estimate of drug-likeness (QED) is 0.537. The van der Waals surface area contributed by atoms with E-state index in [2.05, 4.69) is 49.2 Å². The monoisotopic (exact) mass is 238 g/mol. The van der Waals surface area contributed by atoms with Crippen molar-refractivity contribution >= 4 is 8.07 Å². The minimum Gasteiger partial charge on any atom is -0.335 e. The Bertz CT molecular complexity index is 312. The molecule has 92 valence electrons. The molecule has 0 N–H and O–H groups in total. The number of nitrogens with zero attached hydrogens (tertiary/aromatic N) is 2. The van der Waals surface area contributed by atoms with E-state index in [4.69, 9.17) is 0 Å². The van der Waals surface area contributed by atoms with Crippen LogP contribution in [0.5, 0.6) is 0 Å². The number of aromatic nitrogens is 2. The van der Waals surface area contributed by atoms with Gasteiger partial charge in [0.2, 0.25) is 0 Å². The van der Waals surface area contributed by atoms with E-state index in [-0.39, 0.29) is 0 Å². The lowest BCUT2D eigenvalue weighted by Crippen LogP contribution is -2.35. The van der Waals surface area contributed by atoms with Crippen molar-refractivity contribution in [3.63, 3.8) is 0 Å². The van der Waals surface area contributed by atoms with Crippen LogP contribution in [0.3, 0.4) is 0 Å². The number of unbranched alkanes of at least 4 members (excludes halogenated alkanes) is 2. The number of hydrogen-bond acceptors (Lipinski definition) is 1. The van der Waals surface area contributed by atoms with Crippen molar-refractivity contribution in [2.45, 2.75) is 64.8 Å². The molecule has 0 fully saturated rings. The lowest BCUT2D eigenvalue weighted by Gasteiger charge is -2.31. The fraction of sp³-hybridized carbons (Fsp3) is 0.769. The molecule has 1 rings (SSSR count). The molecule has 0 aliphatic heterocycles. The molecule has 3 heteroatoms. The number of rotatable bonds is 6. The molecular weight excluding hydrogens is 212 g/mol. The molecule has 16 heavy (non-hydrogen) atoms. The van der Waals surface area contributed by atoms with Crippen molar-refractivity contribution in [1.82, 2.24) is 9.55 Å². The first-order valence-corrected chi connectivity index (χ1v) is 10.0. The van der Waals surface area contributed by atoms with Crippen molar-refractivity contribution < 1.29 is 0 Å². The predicted molar refractivity (Wildman–Crippen MR) is 73.5 cm³/mol. The average Bonchev–Trinajstić information content (AvgIpc) is 2.57. The van der Waals surface area contributed by atoms with Crippen molar-refractivity contribution in [3.8, 4) is 0 Å². The van der Waals surface area contributed by atoms with Gasteiger partial charge in [0, 0.05) is 18.1 Å². The molecule has 0 saturated carbocycles. The third kappa shape index (κ3) is 3.48. The van der Waals surface area contributed by atoms with Crippen molar-refractivity contribution in [2.75, 3.05) is 0 Å². The number of aryl methyl sites for hydroxylation is 1. The Hall–Kier alpha value is -0.573. The second-order valence-corrected chi connectivity index (χ2v) is 11.2. The van der Waals surface area contributed by atoms with Crippen LogP contribution in [0.2, 0.25) is 19.6 Å². The van der Waals surface area contributed by atoms with Crippen LogP contribution in [-0.2, 0) is 0 Å². The number of hydrogen-bond donors (Lipinski definition) is 0. The molecule has 0 aliphatic carbocycles. The summed E-state index contributed by atoms with van der Waals surface area (Å²) in [5, 5.41) is 0. The molecule has 0 saturated heterocycles. The van der Waals surface area contributed by atoms with E-state index in [0.29, 0.717) is 5.67 Å². The lowest BCUT2D eigenvalue weighted by atomic mass is 10.2. The van der Waals surface area contributed by atoms with Gasteiger partial charge in [-0.15, -0.1) is 0 Å². The zero-order valence-electron chi connectivity index (χ0n) is 11.5. The van der Waals surface area contributed by atoms with Crippen LogP contribution in [0.4, 0.5) is 0 Å². The normalized spacial score (nSPS) is 14.1. The molecule has 0 amide bonds. The zero-order valence-corrected chi connectivity index (χ0v) is 12.5. The van der Waals surface area contributed by atoms with E-state index >= 15 is 0 Å². The topological polar surface area (TPSA) is 17.8 Å². The van der Waals surface area contributed by atoms with Crippen molar-refractivity contribution in [2.24, 2.45) is 0 Å². The fourth-order valence-corrected chi connectivity index (χ4v) is 4.47. The van der Waals surface area contributed by atoms with E-state index < -0.39 is 8.07 Å². The van der Waals surface area contributed by atoms with E-state index in [9.17, 15) is 0 Å². The molecule has 1 aromatic heterocycles. The summed E-state index contributed by atoms with van der Waals surface area (Å²) in [4.78, 5) is 4.36. The van der Waals surface area contributed by atoms with Gasteiger partial charge in [-0.05, 0) is 13.3 Å². The summed E-state index contributed by atoms with van der Waals surface area (Å²) in [6.07, 6.45) is 9.42. The molecule has 1 aromatic rings. The third-order valence-corrected chi connectivity index (χ3v) is 5.85. The summed E-state index contributed by atoms with van der Waals surface area (Å²) >= 11 is 0. The SMILES string of the molecule is CCCCCC(n1ccnc1C)[Si](C)(C)C. The van der Waals surface area contributed by atoms with Gasteiger partial charge in [-0.25, -0.2) is 4.98 Å². The van der Waals surface area contributed by atoms with Crippen LogP contribution in [0.25, 0.3) is 0 Å². The predicted octanol–water partition coefficient (Wildman–Crippen LogP) is 4.19. The van der Waals surface area contributed by atoms with Gasteiger partial charge < -0.3 is 4.57 Å². The molecule has 0 spiro atoms. The lowest BCUT2D eigenvalue weighted by molar-refractivity contribution is 0.534. The maximum atomic E-state index is 4.36. The molecular formula is C13H26N2Si. The first-order chi connectivity index (χ1) is 7.46. The highest BCUT2D eigenvalue weighted by molar-refractivity contribution is 6.76. The highest BCUT2D eigenvalue weighted by atomic mass is 28.3. The Labute approximate surface area is 101 Å².